The highest BCUT2D eigenvalue weighted by molar-refractivity contribution is 5.96. The molecular weight excluding hydrogens is 468 g/mol. The second-order valence-electron chi connectivity index (χ2n) is 9.48. The van der Waals surface area contributed by atoms with E-state index in [1.165, 1.54) is 17.2 Å². The monoisotopic (exact) mass is 498 g/mol. The van der Waals surface area contributed by atoms with Crippen molar-refractivity contribution in [1.29, 1.82) is 5.26 Å². The molecule has 0 amide bonds. The van der Waals surface area contributed by atoms with Gasteiger partial charge in [-0.05, 0) is 74.8 Å². The topological polar surface area (TPSA) is 99.9 Å². The van der Waals surface area contributed by atoms with Crippen molar-refractivity contribution in [1.82, 2.24) is 4.90 Å². The van der Waals surface area contributed by atoms with Crippen LogP contribution >= 0.6 is 0 Å². The maximum absolute atomic E-state index is 12.7. The number of Topliss-reactive ketones (excluding diaryl/α,β-unsaturated/α-hetero) is 1. The quantitative estimate of drug-likeness (QED) is 0.365. The van der Waals surface area contributed by atoms with Crippen LogP contribution in [0.2, 0.25) is 0 Å². The van der Waals surface area contributed by atoms with Gasteiger partial charge in [0.1, 0.15) is 23.3 Å². The summed E-state index contributed by atoms with van der Waals surface area (Å²) < 4.78 is 11.5. The maximum atomic E-state index is 12.7. The minimum absolute atomic E-state index is 0.0652. The van der Waals surface area contributed by atoms with Gasteiger partial charge < -0.3 is 19.5 Å². The molecule has 0 bridgehead atoms. The van der Waals surface area contributed by atoms with Gasteiger partial charge in [-0.25, -0.2) is 0 Å². The first kappa shape index (κ1) is 25.9. The zero-order valence-electron chi connectivity index (χ0n) is 21.1. The molecule has 0 radical (unpaired) electrons. The van der Waals surface area contributed by atoms with Crippen LogP contribution in [0.5, 0.6) is 17.2 Å². The van der Waals surface area contributed by atoms with E-state index in [9.17, 15) is 20.0 Å². The van der Waals surface area contributed by atoms with Crippen LogP contribution < -0.4 is 9.47 Å². The van der Waals surface area contributed by atoms with Gasteiger partial charge in [0.15, 0.2) is 5.78 Å². The van der Waals surface area contributed by atoms with Crippen LogP contribution in [-0.2, 0) is 17.8 Å². The van der Waals surface area contributed by atoms with Gasteiger partial charge in [0.05, 0.1) is 18.1 Å². The highest BCUT2D eigenvalue weighted by Crippen LogP contribution is 2.39. The number of carboxylic acid groups (broad SMARTS) is 1. The number of carbonyl (C=O) groups is 2. The summed E-state index contributed by atoms with van der Waals surface area (Å²) in [5, 5.41) is 19.1. The normalized spacial score (nSPS) is 14.4. The van der Waals surface area contributed by atoms with E-state index in [1.54, 1.807) is 30.3 Å². The zero-order valence-corrected chi connectivity index (χ0v) is 21.1. The fourth-order valence-electron chi connectivity index (χ4n) is 4.46. The summed E-state index contributed by atoms with van der Waals surface area (Å²) in [7, 11) is 4.09. The minimum atomic E-state index is -0.944. The lowest BCUT2D eigenvalue weighted by Crippen LogP contribution is -2.21. The van der Waals surface area contributed by atoms with Gasteiger partial charge in [-0.15, -0.1) is 0 Å². The van der Waals surface area contributed by atoms with E-state index in [1.807, 2.05) is 14.1 Å². The number of fused-ring (bicyclic) bond motifs is 1. The largest absolute Gasteiger partial charge is 0.493 e. The summed E-state index contributed by atoms with van der Waals surface area (Å²) in [4.78, 5) is 26.4. The molecule has 1 aliphatic heterocycles. The van der Waals surface area contributed by atoms with Gasteiger partial charge in [-0.2, -0.15) is 5.26 Å². The molecule has 4 rings (SSSR count). The van der Waals surface area contributed by atoms with Crippen LogP contribution in [0, 0.1) is 11.3 Å². The van der Waals surface area contributed by atoms with Crippen molar-refractivity contribution < 1.29 is 24.2 Å². The number of ketones is 1. The number of aliphatic carboxylic acids is 1. The second-order valence-corrected chi connectivity index (χ2v) is 9.48. The van der Waals surface area contributed by atoms with Crippen LogP contribution in [-0.4, -0.2) is 42.5 Å². The molecule has 1 aliphatic rings. The van der Waals surface area contributed by atoms with Gasteiger partial charge in [-0.3, -0.25) is 9.59 Å². The summed E-state index contributed by atoms with van der Waals surface area (Å²) in [6.45, 7) is 1.19. The Morgan fingerprint density at radius 1 is 1.08 bits per heavy atom. The Hall–Kier alpha value is -4.15. The van der Waals surface area contributed by atoms with Crippen molar-refractivity contribution in [3.8, 4) is 23.3 Å². The van der Waals surface area contributed by atoms with Crippen molar-refractivity contribution in [3.63, 3.8) is 0 Å². The maximum Gasteiger partial charge on any atom is 0.311 e. The molecule has 1 unspecified atom stereocenters. The first-order valence-corrected chi connectivity index (χ1v) is 12.3. The van der Waals surface area contributed by atoms with Gasteiger partial charge in [-0.1, -0.05) is 24.3 Å². The van der Waals surface area contributed by atoms with Crippen molar-refractivity contribution in [2.75, 3.05) is 20.7 Å². The number of carbonyl (C=O) groups excluding carboxylic acids is 1. The number of hydrogen-bond acceptors (Lipinski definition) is 6. The molecule has 7 nitrogen and oxygen atoms in total. The van der Waals surface area contributed by atoms with Crippen molar-refractivity contribution in [2.24, 2.45) is 0 Å². The molecule has 1 N–H and O–H groups in total. The number of aryl methyl sites for hydroxylation is 1. The predicted octanol–water partition coefficient (Wildman–Crippen LogP) is 5.57. The minimum Gasteiger partial charge on any atom is -0.493 e. The number of rotatable bonds is 10. The smallest absolute Gasteiger partial charge is 0.311 e. The summed E-state index contributed by atoms with van der Waals surface area (Å²) in [5.41, 5.74) is 3.79. The molecule has 0 aliphatic carbocycles. The van der Waals surface area contributed by atoms with Gasteiger partial charge in [0.2, 0.25) is 0 Å². The first-order valence-electron chi connectivity index (χ1n) is 12.3. The average molecular weight is 499 g/mol. The predicted molar refractivity (Wildman–Crippen MR) is 139 cm³/mol. The molecule has 0 saturated carbocycles. The van der Waals surface area contributed by atoms with Crippen LogP contribution in [0.1, 0.15) is 57.8 Å². The number of nitrogens with zero attached hydrogens (tertiary/aromatic N) is 2. The SMILES string of the molecule is CN(C)Cc1ccc(CCCC(=O)c2ccc(Oc3cc4c(cc3C#N)C(C(=O)O)CCO4)cc2)cc1. The van der Waals surface area contributed by atoms with Crippen LogP contribution in [0.25, 0.3) is 0 Å². The van der Waals surface area contributed by atoms with Crippen LogP contribution in [0.3, 0.4) is 0 Å². The lowest BCUT2D eigenvalue weighted by molar-refractivity contribution is -0.139. The van der Waals surface area contributed by atoms with E-state index in [0.717, 1.165) is 19.4 Å². The number of carboxylic acids is 1. The van der Waals surface area contributed by atoms with E-state index in [-0.39, 0.29) is 23.7 Å². The molecule has 7 heteroatoms. The Kier molecular flexibility index (Phi) is 8.22. The molecule has 3 aromatic carbocycles. The van der Waals surface area contributed by atoms with Gasteiger partial charge in [0, 0.05) is 30.2 Å². The summed E-state index contributed by atoms with van der Waals surface area (Å²) in [5.74, 6) is -0.431. The molecule has 0 fully saturated rings. The Morgan fingerprint density at radius 3 is 2.43 bits per heavy atom. The molecule has 3 aromatic rings. The van der Waals surface area contributed by atoms with Crippen LogP contribution in [0.15, 0.2) is 60.7 Å². The lowest BCUT2D eigenvalue weighted by atomic mass is 9.91. The average Bonchev–Trinajstić information content (AvgIpc) is 2.89. The fraction of sp³-hybridized carbons (Fsp3) is 0.300. The van der Waals surface area contributed by atoms with E-state index in [0.29, 0.717) is 35.5 Å². The van der Waals surface area contributed by atoms with Gasteiger partial charge in [0.25, 0.3) is 0 Å². The van der Waals surface area contributed by atoms with E-state index in [4.69, 9.17) is 9.47 Å². The summed E-state index contributed by atoms with van der Waals surface area (Å²) in [6, 6.07) is 20.5. The van der Waals surface area contributed by atoms with Crippen molar-refractivity contribution in [3.05, 3.63) is 88.5 Å². The van der Waals surface area contributed by atoms with E-state index in [2.05, 4.69) is 35.2 Å². The van der Waals surface area contributed by atoms with Crippen LogP contribution in [0.4, 0.5) is 0 Å². The third-order valence-electron chi connectivity index (χ3n) is 6.37. The molecular formula is C30H30N2O5. The molecule has 1 atom stereocenters. The molecule has 1 heterocycles. The molecule has 190 valence electrons. The van der Waals surface area contributed by atoms with E-state index >= 15 is 0 Å². The molecule has 0 saturated heterocycles. The summed E-state index contributed by atoms with van der Waals surface area (Å²) >= 11 is 0. The number of nitriles is 1. The number of benzene rings is 3. The zero-order chi connectivity index (χ0) is 26.4. The number of hydrogen-bond donors (Lipinski definition) is 1. The Labute approximate surface area is 216 Å². The summed E-state index contributed by atoms with van der Waals surface area (Å²) in [6.07, 6.45) is 2.41. The van der Waals surface area contributed by atoms with E-state index < -0.39 is 11.9 Å². The lowest BCUT2D eigenvalue weighted by Gasteiger charge is -2.24. The second kappa shape index (κ2) is 11.7. The van der Waals surface area contributed by atoms with Crippen molar-refractivity contribution >= 4 is 11.8 Å². The Bertz CT molecular complexity index is 1310. The standard InChI is InChI=1S/C30H30N2O5/c1-32(2)19-21-8-6-20(7-9-21)4-3-5-27(33)22-10-12-24(13-11-22)37-28-17-29-26(16-23(28)18-31)25(30(34)35)14-15-36-29/h6-13,16-17,25H,3-5,14-15,19H2,1-2H3,(H,34,35). The van der Waals surface area contributed by atoms with Gasteiger partial charge >= 0.3 is 5.97 Å². The van der Waals surface area contributed by atoms with Crippen molar-refractivity contribution in [2.45, 2.75) is 38.1 Å². The third kappa shape index (κ3) is 6.54. The highest BCUT2D eigenvalue weighted by Gasteiger charge is 2.29. The number of ether oxygens (including phenoxy) is 2. The highest BCUT2D eigenvalue weighted by atomic mass is 16.5. The molecule has 37 heavy (non-hydrogen) atoms. The first-order chi connectivity index (χ1) is 17.8. The molecule has 0 spiro atoms. The molecule has 0 aromatic heterocycles. The fourth-order valence-corrected chi connectivity index (χ4v) is 4.46. The third-order valence-corrected chi connectivity index (χ3v) is 6.37. The Balaban J connectivity index is 1.36. The Morgan fingerprint density at radius 2 is 1.78 bits per heavy atom.